The highest BCUT2D eigenvalue weighted by Gasteiger charge is 2.43. The quantitative estimate of drug-likeness (QED) is 0.341. The number of hydrogen-bond donors (Lipinski definition) is 2. The Bertz CT molecular complexity index is 1220. The minimum atomic E-state index is -1.14. The summed E-state index contributed by atoms with van der Waals surface area (Å²) < 4.78 is 5.86. The van der Waals surface area contributed by atoms with Crippen LogP contribution in [0.25, 0.3) is 0 Å². The van der Waals surface area contributed by atoms with Gasteiger partial charge in [0, 0.05) is 11.3 Å². The topological polar surface area (TPSA) is 114 Å². The van der Waals surface area contributed by atoms with Crippen LogP contribution in [0.1, 0.15) is 80.1 Å². The van der Waals surface area contributed by atoms with Gasteiger partial charge in [-0.2, -0.15) is 0 Å². The van der Waals surface area contributed by atoms with Gasteiger partial charge in [-0.1, -0.05) is 93.4 Å². The van der Waals surface area contributed by atoms with Crippen LogP contribution >= 0.6 is 11.8 Å². The Labute approximate surface area is 227 Å². The van der Waals surface area contributed by atoms with Gasteiger partial charge in [0.25, 0.3) is 17.0 Å². The first-order chi connectivity index (χ1) is 18.4. The van der Waals surface area contributed by atoms with Crippen LogP contribution < -0.4 is 10.6 Å². The molecule has 0 aliphatic heterocycles. The lowest BCUT2D eigenvalue weighted by atomic mass is 9.80. The highest BCUT2D eigenvalue weighted by atomic mass is 32.2. The standard InChI is InChI=1S/C29H34N4O4S/c1-20(2)18-23(26-32-33-28(37-26)38-19-21-12-6-3-7-13-21)25(35)30-27(36)29(16-10-5-11-17-29)31-24(34)22-14-8-4-9-15-22/h3-4,6-9,12-15,20,23H,5,10-11,16-19H2,1-2H3,(H,31,34)(H,30,35,36)/t23-/m1/s1. The van der Waals surface area contributed by atoms with Crippen LogP contribution in [0.2, 0.25) is 0 Å². The number of amides is 3. The number of nitrogens with one attached hydrogen (secondary N) is 2. The Morgan fingerprint density at radius 3 is 2.26 bits per heavy atom. The lowest BCUT2D eigenvalue weighted by Crippen LogP contribution is -2.61. The Morgan fingerprint density at radius 1 is 0.947 bits per heavy atom. The number of nitrogens with zero attached hydrogens (tertiary/aromatic N) is 2. The summed E-state index contributed by atoms with van der Waals surface area (Å²) in [4.78, 5) is 40.0. The fraction of sp³-hybridized carbons (Fsp3) is 0.414. The number of hydrogen-bond acceptors (Lipinski definition) is 7. The molecule has 1 aliphatic carbocycles. The molecule has 1 atom stereocenters. The van der Waals surface area contributed by atoms with Crippen LogP contribution in [0.5, 0.6) is 0 Å². The van der Waals surface area contributed by atoms with E-state index in [1.165, 1.54) is 11.8 Å². The monoisotopic (exact) mass is 534 g/mol. The van der Waals surface area contributed by atoms with Crippen molar-refractivity contribution in [1.82, 2.24) is 20.8 Å². The Kier molecular flexibility index (Phi) is 9.33. The second-order valence-electron chi connectivity index (χ2n) is 10.1. The van der Waals surface area contributed by atoms with Gasteiger partial charge in [0.1, 0.15) is 11.5 Å². The van der Waals surface area contributed by atoms with Crippen molar-refractivity contribution in [2.75, 3.05) is 0 Å². The van der Waals surface area contributed by atoms with Gasteiger partial charge in [-0.25, -0.2) is 0 Å². The number of rotatable bonds is 10. The molecule has 0 bridgehead atoms. The maximum absolute atomic E-state index is 13.6. The first-order valence-electron chi connectivity index (χ1n) is 13.1. The van der Waals surface area contributed by atoms with Crippen LogP contribution in [0, 0.1) is 5.92 Å². The molecule has 1 saturated carbocycles. The fourth-order valence-corrected chi connectivity index (χ4v) is 5.42. The van der Waals surface area contributed by atoms with Crippen molar-refractivity contribution >= 4 is 29.5 Å². The molecule has 1 fully saturated rings. The molecule has 0 saturated heterocycles. The van der Waals surface area contributed by atoms with Crippen LogP contribution in [-0.4, -0.2) is 33.5 Å². The second kappa shape index (κ2) is 12.9. The van der Waals surface area contributed by atoms with E-state index in [4.69, 9.17) is 4.42 Å². The number of thioether (sulfide) groups is 1. The van der Waals surface area contributed by atoms with Crippen molar-refractivity contribution in [1.29, 1.82) is 0 Å². The first kappa shape index (κ1) is 27.6. The third kappa shape index (κ3) is 7.10. The third-order valence-electron chi connectivity index (χ3n) is 6.72. The lowest BCUT2D eigenvalue weighted by molar-refractivity contribution is -0.136. The maximum Gasteiger partial charge on any atom is 0.276 e. The SMILES string of the molecule is CC(C)C[C@H](C(=O)NC(=O)C1(NC(=O)c2ccccc2)CCCCC1)c1nnc(SCc2ccccc2)o1. The van der Waals surface area contributed by atoms with E-state index in [2.05, 4.69) is 20.8 Å². The number of carbonyl (C=O) groups excluding carboxylic acids is 3. The molecule has 200 valence electrons. The van der Waals surface area contributed by atoms with Gasteiger partial charge >= 0.3 is 0 Å². The molecular weight excluding hydrogens is 500 g/mol. The molecule has 1 heterocycles. The minimum absolute atomic E-state index is 0.148. The zero-order chi connectivity index (χ0) is 27.0. The molecular formula is C29H34N4O4S. The van der Waals surface area contributed by atoms with Gasteiger partial charge < -0.3 is 9.73 Å². The average Bonchev–Trinajstić information content (AvgIpc) is 3.40. The highest BCUT2D eigenvalue weighted by molar-refractivity contribution is 7.98. The van der Waals surface area contributed by atoms with Gasteiger partial charge in [-0.3, -0.25) is 19.7 Å². The summed E-state index contributed by atoms with van der Waals surface area (Å²) in [6.07, 6.45) is 3.94. The molecule has 0 radical (unpaired) electrons. The molecule has 9 heteroatoms. The average molecular weight is 535 g/mol. The van der Waals surface area contributed by atoms with E-state index < -0.39 is 23.3 Å². The predicted molar refractivity (Wildman–Crippen MR) is 145 cm³/mol. The van der Waals surface area contributed by atoms with Crippen molar-refractivity contribution < 1.29 is 18.8 Å². The highest BCUT2D eigenvalue weighted by Crippen LogP contribution is 2.31. The van der Waals surface area contributed by atoms with E-state index >= 15 is 0 Å². The summed E-state index contributed by atoms with van der Waals surface area (Å²) >= 11 is 1.40. The van der Waals surface area contributed by atoms with Gasteiger partial charge in [0.05, 0.1) is 0 Å². The van der Waals surface area contributed by atoms with Gasteiger partial charge in [-0.15, -0.1) is 10.2 Å². The summed E-state index contributed by atoms with van der Waals surface area (Å²) in [6.45, 7) is 3.98. The van der Waals surface area contributed by atoms with Gasteiger partial charge in [0.15, 0.2) is 0 Å². The summed E-state index contributed by atoms with van der Waals surface area (Å²) in [5.41, 5.74) is 0.449. The van der Waals surface area contributed by atoms with E-state index in [9.17, 15) is 14.4 Å². The second-order valence-corrected chi connectivity index (χ2v) is 11.1. The summed E-state index contributed by atoms with van der Waals surface area (Å²) in [7, 11) is 0. The molecule has 8 nitrogen and oxygen atoms in total. The molecule has 0 unspecified atom stereocenters. The normalized spacial score (nSPS) is 15.6. The summed E-state index contributed by atoms with van der Waals surface area (Å²) in [5, 5.41) is 14.2. The van der Waals surface area contributed by atoms with Crippen molar-refractivity contribution in [2.45, 2.75) is 74.8 Å². The number of imide groups is 1. The molecule has 2 aromatic carbocycles. The van der Waals surface area contributed by atoms with E-state index in [0.29, 0.717) is 35.8 Å². The van der Waals surface area contributed by atoms with Crippen molar-refractivity contribution in [2.24, 2.45) is 5.92 Å². The van der Waals surface area contributed by atoms with Crippen molar-refractivity contribution in [3.8, 4) is 0 Å². The molecule has 3 aromatic rings. The van der Waals surface area contributed by atoms with E-state index in [1.54, 1.807) is 24.3 Å². The largest absolute Gasteiger partial charge is 0.415 e. The molecule has 4 rings (SSSR count). The summed E-state index contributed by atoms with van der Waals surface area (Å²) in [5.74, 6) is -1.09. The van der Waals surface area contributed by atoms with Crippen LogP contribution in [0.4, 0.5) is 0 Å². The van der Waals surface area contributed by atoms with Crippen LogP contribution in [0.15, 0.2) is 70.3 Å². The zero-order valence-corrected chi connectivity index (χ0v) is 22.6. The van der Waals surface area contributed by atoms with Crippen LogP contribution in [0.3, 0.4) is 0 Å². The molecule has 0 spiro atoms. The predicted octanol–water partition coefficient (Wildman–Crippen LogP) is 5.27. The van der Waals surface area contributed by atoms with Gasteiger partial charge in [-0.05, 0) is 42.9 Å². The fourth-order valence-electron chi connectivity index (χ4n) is 4.69. The molecule has 1 aromatic heterocycles. The molecule has 2 N–H and O–H groups in total. The maximum atomic E-state index is 13.6. The Hall–Kier alpha value is -3.46. The number of carbonyl (C=O) groups is 3. The lowest BCUT2D eigenvalue weighted by Gasteiger charge is -2.36. The number of aromatic nitrogens is 2. The van der Waals surface area contributed by atoms with Crippen molar-refractivity contribution in [3.63, 3.8) is 0 Å². The smallest absolute Gasteiger partial charge is 0.276 e. The van der Waals surface area contributed by atoms with Crippen molar-refractivity contribution in [3.05, 3.63) is 77.7 Å². The molecule has 3 amide bonds. The minimum Gasteiger partial charge on any atom is -0.415 e. The Balaban J connectivity index is 1.47. The van der Waals surface area contributed by atoms with Gasteiger partial charge in [0.2, 0.25) is 11.8 Å². The first-order valence-corrected chi connectivity index (χ1v) is 14.1. The summed E-state index contributed by atoms with van der Waals surface area (Å²) in [6, 6.07) is 18.7. The molecule has 1 aliphatic rings. The van der Waals surface area contributed by atoms with E-state index in [1.807, 2.05) is 50.2 Å². The Morgan fingerprint density at radius 2 is 1.61 bits per heavy atom. The van der Waals surface area contributed by atoms with E-state index in [-0.39, 0.29) is 17.7 Å². The third-order valence-corrected chi connectivity index (χ3v) is 7.61. The molecule has 38 heavy (non-hydrogen) atoms. The zero-order valence-electron chi connectivity index (χ0n) is 21.8. The van der Waals surface area contributed by atoms with E-state index in [0.717, 1.165) is 24.8 Å². The van der Waals surface area contributed by atoms with Crippen LogP contribution in [-0.2, 0) is 15.3 Å². The number of benzene rings is 2.